The molecule has 8 nitrogen and oxygen atoms in total. The Morgan fingerprint density at radius 3 is 2.45 bits per heavy atom. The fourth-order valence-corrected chi connectivity index (χ4v) is 4.05. The number of carbonyl (C=O) groups excluding carboxylic acids is 1. The predicted molar refractivity (Wildman–Crippen MR) is 131 cm³/mol. The first kappa shape index (κ1) is 23.4. The van der Waals surface area contributed by atoms with Crippen molar-refractivity contribution in [3.63, 3.8) is 0 Å². The van der Waals surface area contributed by atoms with Crippen molar-refractivity contribution in [3.8, 4) is 5.75 Å². The Labute approximate surface area is 203 Å². The van der Waals surface area contributed by atoms with Crippen LogP contribution in [-0.2, 0) is 25.1 Å². The summed E-state index contributed by atoms with van der Waals surface area (Å²) in [5.41, 5.74) is 0.819. The maximum atomic E-state index is 12.3. The Hall–Kier alpha value is -2.72. The largest absolute Gasteiger partial charge is 0.484 e. The molecule has 0 atom stereocenters. The van der Waals surface area contributed by atoms with E-state index in [2.05, 4.69) is 20.2 Å². The third kappa shape index (κ3) is 6.20. The average molecular weight is 487 g/mol. The van der Waals surface area contributed by atoms with E-state index in [1.54, 1.807) is 6.07 Å². The molecule has 0 bridgehead atoms. The van der Waals surface area contributed by atoms with Crippen molar-refractivity contribution in [2.75, 3.05) is 38.0 Å². The summed E-state index contributed by atoms with van der Waals surface area (Å²) < 4.78 is 10.1. The van der Waals surface area contributed by atoms with Crippen LogP contribution in [0.15, 0.2) is 54.6 Å². The van der Waals surface area contributed by atoms with Gasteiger partial charge in [-0.15, -0.1) is 0 Å². The summed E-state index contributed by atoms with van der Waals surface area (Å²) in [6.45, 7) is 4.56. The Balaban J connectivity index is 1.27. The molecule has 1 aliphatic heterocycles. The topological polar surface area (TPSA) is 67.6 Å². The van der Waals surface area contributed by atoms with Crippen LogP contribution in [-0.4, -0.2) is 62.8 Å². The molecule has 2 heterocycles. The molecule has 3 aromatic rings. The van der Waals surface area contributed by atoms with Crippen molar-refractivity contribution in [2.45, 2.75) is 13.3 Å². The van der Waals surface area contributed by atoms with Crippen LogP contribution in [0.1, 0.15) is 5.82 Å². The number of hydrogen-bond acceptors (Lipinski definition) is 6. The highest BCUT2D eigenvalue weighted by Crippen LogP contribution is 2.23. The molecule has 33 heavy (non-hydrogen) atoms. The molecule has 10 heteroatoms. The molecule has 1 N–H and O–H groups in total. The van der Waals surface area contributed by atoms with Gasteiger partial charge in [-0.1, -0.05) is 41.9 Å². The van der Waals surface area contributed by atoms with Crippen LogP contribution < -0.4 is 10.1 Å². The van der Waals surface area contributed by atoms with E-state index in [0.29, 0.717) is 28.8 Å². The summed E-state index contributed by atoms with van der Waals surface area (Å²) >= 11 is 11.7. The van der Waals surface area contributed by atoms with E-state index in [1.165, 1.54) is 0 Å². The van der Waals surface area contributed by atoms with E-state index < -0.39 is 0 Å². The van der Waals surface area contributed by atoms with Crippen molar-refractivity contribution < 1.29 is 9.53 Å². The van der Waals surface area contributed by atoms with Gasteiger partial charge < -0.3 is 14.6 Å². The van der Waals surface area contributed by atoms with Gasteiger partial charge in [-0.05, 0) is 36.5 Å². The van der Waals surface area contributed by atoms with E-state index in [4.69, 9.17) is 28.6 Å². The van der Waals surface area contributed by atoms with Crippen LogP contribution in [0.2, 0.25) is 5.02 Å². The molecule has 1 aliphatic rings. The summed E-state index contributed by atoms with van der Waals surface area (Å²) in [4.78, 5) is 16.8. The zero-order valence-electron chi connectivity index (χ0n) is 18.5. The molecule has 174 valence electrons. The lowest BCUT2D eigenvalue weighted by atomic mass is 10.3. The highest BCUT2D eigenvalue weighted by molar-refractivity contribution is 7.71. The van der Waals surface area contributed by atoms with Gasteiger partial charge >= 0.3 is 0 Å². The normalized spacial score (nSPS) is 14.8. The molecule has 1 fully saturated rings. The number of hydrogen-bond donors (Lipinski definition) is 1. The van der Waals surface area contributed by atoms with E-state index in [9.17, 15) is 4.79 Å². The first-order chi connectivity index (χ1) is 16.0. The Morgan fingerprint density at radius 1 is 1.06 bits per heavy atom. The smallest absolute Gasteiger partial charge is 0.238 e. The number of halogens is 1. The molecule has 0 aliphatic carbocycles. The first-order valence-electron chi connectivity index (χ1n) is 10.8. The number of aromatic nitrogens is 3. The second-order valence-electron chi connectivity index (χ2n) is 7.93. The van der Waals surface area contributed by atoms with Gasteiger partial charge in [0.15, 0.2) is 10.6 Å². The minimum Gasteiger partial charge on any atom is -0.484 e. The number of carbonyl (C=O) groups is 1. The lowest BCUT2D eigenvalue weighted by molar-refractivity contribution is -0.117. The van der Waals surface area contributed by atoms with Crippen LogP contribution in [0.5, 0.6) is 5.75 Å². The predicted octanol–water partition coefficient (Wildman–Crippen LogP) is 3.40. The van der Waals surface area contributed by atoms with Crippen LogP contribution in [0.25, 0.3) is 0 Å². The standard InChI is InChI=1S/C23H27ClN6O2S/c1-27-21(16-32-20-10-6-5-9-19(20)24)26-30(23(27)33)17-29-13-11-28(12-14-29)15-22(31)25-18-7-3-2-4-8-18/h2-10H,11-17H2,1H3,(H,25,31). The quantitative estimate of drug-likeness (QED) is 0.492. The van der Waals surface area contributed by atoms with E-state index in [0.717, 1.165) is 37.7 Å². The monoisotopic (exact) mass is 486 g/mol. The zero-order chi connectivity index (χ0) is 23.2. The molecule has 1 amide bonds. The number of piperazine rings is 1. The number of nitrogens with zero attached hydrogens (tertiary/aromatic N) is 5. The number of nitrogens with one attached hydrogen (secondary N) is 1. The van der Waals surface area contributed by atoms with Gasteiger partial charge in [-0.2, -0.15) is 5.10 Å². The fourth-order valence-electron chi connectivity index (χ4n) is 3.66. The number of ether oxygens (including phenoxy) is 1. The van der Waals surface area contributed by atoms with Crippen molar-refractivity contribution >= 4 is 35.4 Å². The number of benzene rings is 2. The molecule has 0 saturated carbocycles. The highest BCUT2D eigenvalue weighted by Gasteiger charge is 2.20. The van der Waals surface area contributed by atoms with E-state index in [-0.39, 0.29) is 12.5 Å². The van der Waals surface area contributed by atoms with Crippen LogP contribution in [0.4, 0.5) is 5.69 Å². The second-order valence-corrected chi connectivity index (χ2v) is 8.70. The van der Waals surface area contributed by atoms with Crippen molar-refractivity contribution in [3.05, 3.63) is 70.2 Å². The number of para-hydroxylation sites is 2. The SMILES string of the molecule is Cn1c(COc2ccccc2Cl)nn(CN2CCN(CC(=O)Nc3ccccc3)CC2)c1=S. The molecule has 0 spiro atoms. The minimum absolute atomic E-state index is 0.00440. The van der Waals surface area contributed by atoms with Crippen LogP contribution in [0, 0.1) is 4.77 Å². The summed E-state index contributed by atoms with van der Waals surface area (Å²) in [5, 5.41) is 8.15. The molecule has 0 unspecified atom stereocenters. The van der Waals surface area contributed by atoms with Gasteiger partial charge in [-0.3, -0.25) is 14.6 Å². The maximum absolute atomic E-state index is 12.3. The highest BCUT2D eigenvalue weighted by atomic mass is 35.5. The Morgan fingerprint density at radius 2 is 1.73 bits per heavy atom. The lowest BCUT2D eigenvalue weighted by Gasteiger charge is -2.33. The molecule has 4 rings (SSSR count). The zero-order valence-corrected chi connectivity index (χ0v) is 20.1. The number of amides is 1. The summed E-state index contributed by atoms with van der Waals surface area (Å²) in [7, 11) is 1.89. The van der Waals surface area contributed by atoms with E-state index >= 15 is 0 Å². The minimum atomic E-state index is 0.00440. The molecule has 1 saturated heterocycles. The Bertz CT molecular complexity index is 1140. The lowest BCUT2D eigenvalue weighted by Crippen LogP contribution is -2.49. The van der Waals surface area contributed by atoms with E-state index in [1.807, 2.05) is 64.8 Å². The second kappa shape index (κ2) is 10.9. The molecular formula is C23H27ClN6O2S. The van der Waals surface area contributed by atoms with Crippen LogP contribution in [0.3, 0.4) is 0 Å². The van der Waals surface area contributed by atoms with Crippen molar-refractivity contribution in [1.82, 2.24) is 24.1 Å². The fraction of sp³-hybridized carbons (Fsp3) is 0.348. The molecule has 2 aromatic carbocycles. The van der Waals surface area contributed by atoms with Gasteiger partial charge in [0, 0.05) is 38.9 Å². The maximum Gasteiger partial charge on any atom is 0.238 e. The number of anilines is 1. The summed E-state index contributed by atoms with van der Waals surface area (Å²) in [5.74, 6) is 1.35. The van der Waals surface area contributed by atoms with Crippen molar-refractivity contribution in [1.29, 1.82) is 0 Å². The molecule has 1 aromatic heterocycles. The van der Waals surface area contributed by atoms with Gasteiger partial charge in [-0.25, -0.2) is 4.68 Å². The molecular weight excluding hydrogens is 460 g/mol. The van der Waals surface area contributed by atoms with Crippen LogP contribution >= 0.6 is 23.8 Å². The average Bonchev–Trinajstić information content (AvgIpc) is 3.08. The van der Waals surface area contributed by atoms with Crippen molar-refractivity contribution in [2.24, 2.45) is 7.05 Å². The first-order valence-corrected chi connectivity index (χ1v) is 11.6. The third-order valence-electron chi connectivity index (χ3n) is 5.55. The van der Waals surface area contributed by atoms with Gasteiger partial charge in [0.25, 0.3) is 0 Å². The Kier molecular flexibility index (Phi) is 7.77. The summed E-state index contributed by atoms with van der Waals surface area (Å²) in [6.07, 6.45) is 0. The summed E-state index contributed by atoms with van der Waals surface area (Å²) in [6, 6.07) is 16.9. The molecule has 0 radical (unpaired) electrons. The third-order valence-corrected chi connectivity index (χ3v) is 6.34. The number of rotatable bonds is 8. The van der Waals surface area contributed by atoms with Gasteiger partial charge in [0.1, 0.15) is 12.4 Å². The van der Waals surface area contributed by atoms with Gasteiger partial charge in [0.05, 0.1) is 18.2 Å². The van der Waals surface area contributed by atoms with Gasteiger partial charge in [0.2, 0.25) is 5.91 Å².